The number of ether oxygens (including phenoxy) is 3. The summed E-state index contributed by atoms with van der Waals surface area (Å²) in [7, 11) is 3.13. The zero-order valence-corrected chi connectivity index (χ0v) is 32.5. The molecule has 3 aliphatic heterocycles. The van der Waals surface area contributed by atoms with Gasteiger partial charge in [-0.05, 0) is 71.1 Å². The summed E-state index contributed by atoms with van der Waals surface area (Å²) in [5.74, 6) is -2.27. The van der Waals surface area contributed by atoms with Gasteiger partial charge in [-0.3, -0.25) is 14.9 Å². The molecule has 0 saturated carbocycles. The number of epoxide rings is 1. The number of fused-ring (bicyclic) bond motifs is 5. The number of carbonyl (C=O) groups is 5. The number of nitrogens with zero attached hydrogens (tertiary/aromatic N) is 2. The average Bonchev–Trinajstić information content (AvgIpc) is 3.77. The average molecular weight is 744 g/mol. The van der Waals surface area contributed by atoms with E-state index in [1.807, 2.05) is 58.1 Å². The molecule has 2 N–H and O–H groups in total. The van der Waals surface area contributed by atoms with Gasteiger partial charge >= 0.3 is 12.1 Å². The zero-order valence-electron chi connectivity index (χ0n) is 31.8. The van der Waals surface area contributed by atoms with Gasteiger partial charge < -0.3 is 33.9 Å². The first-order valence-corrected chi connectivity index (χ1v) is 18.4. The van der Waals surface area contributed by atoms with Crippen molar-refractivity contribution in [3.63, 3.8) is 0 Å². The summed E-state index contributed by atoms with van der Waals surface area (Å²) in [5.41, 5.74) is 0.465. The van der Waals surface area contributed by atoms with Gasteiger partial charge in [0.25, 0.3) is 0 Å². The van der Waals surface area contributed by atoms with Crippen LogP contribution in [0.1, 0.15) is 91.2 Å². The highest BCUT2D eigenvalue weighted by atomic mass is 35.5. The molecule has 13 heteroatoms. The van der Waals surface area contributed by atoms with Gasteiger partial charge in [0.2, 0.25) is 11.8 Å². The van der Waals surface area contributed by atoms with Crippen LogP contribution in [-0.4, -0.2) is 89.4 Å². The SMILES string of the molecule is CC(=O)CCCCC(=O)N(C)[C@@H](C)C(=O)O[C@H]1CC(=O)N(C)c2cc(cc(C)c2Cl)C/C(C)=C/C=C/[C@@H](C)[C@@]2(O)CC(OC(=O)N2)[C@@H](C)[C@@H]2O[C@@]12C. The fraction of sp³-hybridized carbons (Fsp3) is 0.615. The third kappa shape index (κ3) is 9.43. The molecule has 3 amide bonds. The minimum atomic E-state index is -1.61. The number of anilines is 1. The summed E-state index contributed by atoms with van der Waals surface area (Å²) in [6.07, 6.45) is 4.37. The summed E-state index contributed by atoms with van der Waals surface area (Å²) in [5, 5.41) is 14.7. The van der Waals surface area contributed by atoms with E-state index in [-0.39, 0.29) is 36.9 Å². The van der Waals surface area contributed by atoms with Crippen molar-refractivity contribution in [2.45, 2.75) is 129 Å². The molecule has 0 spiro atoms. The lowest BCUT2D eigenvalue weighted by molar-refractivity contribution is -0.162. The second-order valence-electron chi connectivity index (χ2n) is 15.1. The van der Waals surface area contributed by atoms with Crippen LogP contribution in [0.2, 0.25) is 5.02 Å². The number of nitrogens with one attached hydrogen (secondary N) is 1. The molecule has 4 bridgehead atoms. The van der Waals surface area contributed by atoms with Gasteiger partial charge in [0.15, 0.2) is 0 Å². The number of rotatable bonds is 8. The normalized spacial score (nSPS) is 31.6. The van der Waals surface area contributed by atoms with Gasteiger partial charge in [-0.1, -0.05) is 55.3 Å². The van der Waals surface area contributed by atoms with Crippen molar-refractivity contribution in [3.05, 3.63) is 52.1 Å². The third-order valence-electron chi connectivity index (χ3n) is 10.8. The Bertz CT molecular complexity index is 1630. The van der Waals surface area contributed by atoms with Gasteiger partial charge in [0.1, 0.15) is 35.4 Å². The summed E-state index contributed by atoms with van der Waals surface area (Å²) in [4.78, 5) is 67.5. The van der Waals surface area contributed by atoms with Crippen molar-refractivity contribution in [1.29, 1.82) is 0 Å². The number of benzene rings is 1. The number of unbranched alkanes of at least 4 members (excludes halogenated alkanes) is 1. The van der Waals surface area contributed by atoms with Gasteiger partial charge in [-0.25, -0.2) is 9.59 Å². The number of allylic oxidation sites excluding steroid dienone is 3. The van der Waals surface area contributed by atoms with Crippen LogP contribution in [0.15, 0.2) is 35.9 Å². The molecule has 12 nitrogen and oxygen atoms in total. The first-order valence-electron chi connectivity index (χ1n) is 18.0. The molecule has 286 valence electrons. The molecular weight excluding hydrogens is 690 g/mol. The Morgan fingerprint density at radius 3 is 2.52 bits per heavy atom. The van der Waals surface area contributed by atoms with Crippen molar-refractivity contribution in [2.75, 3.05) is 19.0 Å². The Morgan fingerprint density at radius 1 is 1.17 bits per heavy atom. The van der Waals surface area contributed by atoms with Crippen molar-refractivity contribution >= 4 is 46.9 Å². The smallest absolute Gasteiger partial charge is 0.409 e. The van der Waals surface area contributed by atoms with Crippen LogP contribution in [0.5, 0.6) is 0 Å². The number of esters is 1. The van der Waals surface area contributed by atoms with Crippen LogP contribution in [0, 0.1) is 18.8 Å². The lowest BCUT2D eigenvalue weighted by atomic mass is 9.82. The van der Waals surface area contributed by atoms with Gasteiger partial charge in [0.05, 0.1) is 23.2 Å². The number of hydrogen-bond acceptors (Lipinski definition) is 9. The van der Waals surface area contributed by atoms with E-state index >= 15 is 0 Å². The molecule has 4 rings (SSSR count). The Morgan fingerprint density at radius 2 is 1.85 bits per heavy atom. The Labute approximate surface area is 311 Å². The molecule has 8 atom stereocenters. The summed E-state index contributed by atoms with van der Waals surface area (Å²) in [6.45, 7) is 12.3. The van der Waals surface area contributed by atoms with Crippen LogP contribution in [0.25, 0.3) is 0 Å². The summed E-state index contributed by atoms with van der Waals surface area (Å²) >= 11 is 6.76. The topological polar surface area (TPSA) is 155 Å². The van der Waals surface area contributed by atoms with Crippen LogP contribution in [-0.2, 0) is 39.8 Å². The number of halogens is 1. The predicted molar refractivity (Wildman–Crippen MR) is 197 cm³/mol. The zero-order chi connectivity index (χ0) is 38.7. The van der Waals surface area contributed by atoms with E-state index in [1.54, 1.807) is 20.9 Å². The van der Waals surface area contributed by atoms with E-state index in [0.29, 0.717) is 36.4 Å². The van der Waals surface area contributed by atoms with E-state index < -0.39 is 59.6 Å². The van der Waals surface area contributed by atoms with Crippen LogP contribution < -0.4 is 10.2 Å². The van der Waals surface area contributed by atoms with Gasteiger partial charge in [-0.2, -0.15) is 0 Å². The maximum absolute atomic E-state index is 14.1. The lowest BCUT2D eigenvalue weighted by Gasteiger charge is -2.41. The molecular formula is C39H54ClN3O9. The molecule has 1 unspecified atom stereocenters. The maximum Gasteiger partial charge on any atom is 0.409 e. The first-order chi connectivity index (χ1) is 24.3. The third-order valence-corrected chi connectivity index (χ3v) is 11.3. The lowest BCUT2D eigenvalue weighted by Crippen LogP contribution is -2.60. The Balaban J connectivity index is 1.67. The van der Waals surface area contributed by atoms with Crippen molar-refractivity contribution in [1.82, 2.24) is 10.2 Å². The molecule has 0 radical (unpaired) electrons. The number of carbonyl (C=O) groups excluding carboxylic acids is 5. The monoisotopic (exact) mass is 743 g/mol. The highest BCUT2D eigenvalue weighted by molar-refractivity contribution is 6.34. The van der Waals surface area contributed by atoms with Crippen LogP contribution >= 0.6 is 11.6 Å². The second kappa shape index (κ2) is 16.5. The number of alkyl carbamates (subject to hydrolysis) is 1. The maximum atomic E-state index is 14.1. The predicted octanol–water partition coefficient (Wildman–Crippen LogP) is 5.58. The van der Waals surface area contributed by atoms with Crippen LogP contribution in [0.4, 0.5) is 10.5 Å². The molecule has 0 aromatic heterocycles. The number of hydrogen-bond donors (Lipinski definition) is 2. The molecule has 2 saturated heterocycles. The fourth-order valence-electron chi connectivity index (χ4n) is 6.99. The van der Waals surface area contributed by atoms with Crippen LogP contribution in [0.3, 0.4) is 0 Å². The number of Topliss-reactive ketones (excluding diaryl/α,β-unsaturated/α-hetero) is 1. The van der Waals surface area contributed by atoms with E-state index in [1.165, 1.54) is 23.8 Å². The Kier molecular flexibility index (Phi) is 13.0. The largest absolute Gasteiger partial charge is 0.457 e. The van der Waals surface area contributed by atoms with Crippen molar-refractivity contribution in [2.24, 2.45) is 11.8 Å². The van der Waals surface area contributed by atoms with Gasteiger partial charge in [-0.15, -0.1) is 0 Å². The standard InChI is InChI=1S/C39H54ClN3O9/c1-22-13-12-14-24(3)39(49)21-30(50-37(48)41-39)26(5)35-38(7,52-35)31(20-33(46)43(9)29-19-28(17-22)18-23(2)34(29)40)51-36(47)27(6)42(8)32(45)16-11-10-15-25(4)44/h12-14,18-19,24,26-27,30-31,35,49H,10-11,15-17,20-21H2,1-9H3,(H,41,48)/b14-12+,22-13+/t24-,26-,27+,30?,31+,35+,38+,39+/m1/s1. The summed E-state index contributed by atoms with van der Waals surface area (Å²) in [6, 6.07) is 2.85. The van der Waals surface area contributed by atoms with E-state index in [2.05, 4.69) is 5.32 Å². The van der Waals surface area contributed by atoms with E-state index in [9.17, 15) is 29.1 Å². The van der Waals surface area contributed by atoms with E-state index in [0.717, 1.165) is 16.7 Å². The van der Waals surface area contributed by atoms with Crippen molar-refractivity contribution < 1.29 is 43.3 Å². The molecule has 0 aliphatic carbocycles. The summed E-state index contributed by atoms with van der Waals surface area (Å²) < 4.78 is 18.0. The Hall–Kier alpha value is -3.74. The quantitative estimate of drug-likeness (QED) is 0.197. The molecule has 1 aromatic carbocycles. The number of ketones is 1. The molecule has 3 aliphatic rings. The molecule has 52 heavy (non-hydrogen) atoms. The highest BCUT2D eigenvalue weighted by Crippen LogP contribution is 2.49. The van der Waals surface area contributed by atoms with E-state index in [4.69, 9.17) is 25.8 Å². The van der Waals surface area contributed by atoms with Crippen molar-refractivity contribution in [3.8, 4) is 0 Å². The molecule has 3 heterocycles. The van der Waals surface area contributed by atoms with Gasteiger partial charge in [0, 0.05) is 45.2 Å². The minimum Gasteiger partial charge on any atom is -0.457 e. The number of likely N-dealkylation sites (N-methyl/N-ethyl adjacent to an activating group) is 1. The second-order valence-corrected chi connectivity index (χ2v) is 15.4. The fourth-order valence-corrected chi connectivity index (χ4v) is 7.22. The highest BCUT2D eigenvalue weighted by Gasteiger charge is 2.64. The minimum absolute atomic E-state index is 0.0510. The molecule has 1 aromatic rings. The number of amides is 3. The first kappa shape index (κ1) is 41.0. The number of aryl methyl sites for hydroxylation is 1. The number of aliphatic hydroxyl groups is 1. The molecule has 2 fully saturated rings.